The van der Waals surface area contributed by atoms with E-state index in [0.29, 0.717) is 9.89 Å². The van der Waals surface area contributed by atoms with Crippen LogP contribution in [0.5, 0.6) is 0 Å². The molecule has 0 amide bonds. The van der Waals surface area contributed by atoms with Crippen LogP contribution in [0.3, 0.4) is 0 Å². The Hall–Kier alpha value is -0.110. The van der Waals surface area contributed by atoms with Gasteiger partial charge >= 0.3 is 0 Å². The molecule has 7 heteroatoms. The predicted octanol–water partition coefficient (Wildman–Crippen LogP) is 4.04. The standard InChI is InChI=1S/C14H20Br2N2O2S/c1-14(2)5-3-10(4-6-14)18-21(19,20)13-11(16)7-9(15)8-12(13)17/h7-8,10,18H,3-6,17H2,1-2H3. The maximum atomic E-state index is 12.6. The first-order chi connectivity index (χ1) is 9.61. The van der Waals surface area contributed by atoms with Crippen molar-refractivity contribution in [1.82, 2.24) is 4.72 Å². The number of benzene rings is 1. The molecule has 1 fully saturated rings. The molecular formula is C14H20Br2N2O2S. The van der Waals surface area contributed by atoms with E-state index in [2.05, 4.69) is 50.4 Å². The largest absolute Gasteiger partial charge is 0.398 e. The van der Waals surface area contributed by atoms with Gasteiger partial charge in [-0.2, -0.15) is 0 Å². The number of anilines is 1. The summed E-state index contributed by atoms with van der Waals surface area (Å²) < 4.78 is 29.2. The molecule has 1 aromatic rings. The molecule has 0 saturated heterocycles. The van der Waals surface area contributed by atoms with Gasteiger partial charge in [0, 0.05) is 15.0 Å². The van der Waals surface area contributed by atoms with E-state index in [9.17, 15) is 8.42 Å². The van der Waals surface area contributed by atoms with Gasteiger partial charge in [0.1, 0.15) is 4.90 Å². The molecule has 0 spiro atoms. The average molecular weight is 440 g/mol. The van der Waals surface area contributed by atoms with Crippen molar-refractivity contribution >= 4 is 47.6 Å². The summed E-state index contributed by atoms with van der Waals surface area (Å²) in [7, 11) is -3.62. The molecule has 4 nitrogen and oxygen atoms in total. The number of nitrogens with two attached hydrogens (primary N) is 1. The van der Waals surface area contributed by atoms with Gasteiger partial charge in [-0.3, -0.25) is 0 Å². The van der Waals surface area contributed by atoms with Crippen molar-refractivity contribution in [2.24, 2.45) is 5.41 Å². The molecule has 0 aliphatic heterocycles. The Morgan fingerprint density at radius 3 is 2.33 bits per heavy atom. The van der Waals surface area contributed by atoms with E-state index in [0.717, 1.165) is 30.2 Å². The first-order valence-electron chi connectivity index (χ1n) is 6.88. The summed E-state index contributed by atoms with van der Waals surface area (Å²) in [5, 5.41) is 0. The summed E-state index contributed by atoms with van der Waals surface area (Å²) >= 11 is 6.59. The fourth-order valence-corrected chi connectivity index (χ4v) is 6.03. The smallest absolute Gasteiger partial charge is 0.243 e. The van der Waals surface area contributed by atoms with Crippen molar-refractivity contribution in [2.45, 2.75) is 50.5 Å². The number of nitrogen functional groups attached to an aromatic ring is 1. The molecule has 0 radical (unpaired) electrons. The highest BCUT2D eigenvalue weighted by Crippen LogP contribution is 2.36. The third-order valence-corrected chi connectivity index (χ3v) is 6.95. The number of rotatable bonds is 3. The molecule has 1 saturated carbocycles. The Balaban J connectivity index is 2.20. The van der Waals surface area contributed by atoms with Crippen molar-refractivity contribution in [3.05, 3.63) is 21.1 Å². The van der Waals surface area contributed by atoms with Crippen molar-refractivity contribution in [2.75, 3.05) is 5.73 Å². The van der Waals surface area contributed by atoms with Crippen LogP contribution < -0.4 is 10.5 Å². The van der Waals surface area contributed by atoms with Crippen LogP contribution in [0, 0.1) is 5.41 Å². The lowest BCUT2D eigenvalue weighted by atomic mass is 9.76. The van der Waals surface area contributed by atoms with Crippen LogP contribution in [0.4, 0.5) is 5.69 Å². The van der Waals surface area contributed by atoms with Crippen LogP contribution >= 0.6 is 31.9 Å². The van der Waals surface area contributed by atoms with Gasteiger partial charge in [-0.25, -0.2) is 13.1 Å². The number of hydrogen-bond acceptors (Lipinski definition) is 3. The predicted molar refractivity (Wildman–Crippen MR) is 92.6 cm³/mol. The zero-order chi connectivity index (χ0) is 15.8. The summed E-state index contributed by atoms with van der Waals surface area (Å²) in [6.07, 6.45) is 3.77. The van der Waals surface area contributed by atoms with Crippen LogP contribution in [0.2, 0.25) is 0 Å². The second kappa shape index (κ2) is 6.18. The fraction of sp³-hybridized carbons (Fsp3) is 0.571. The van der Waals surface area contributed by atoms with E-state index in [1.165, 1.54) is 0 Å². The van der Waals surface area contributed by atoms with Crippen molar-refractivity contribution in [3.63, 3.8) is 0 Å². The maximum absolute atomic E-state index is 12.6. The molecule has 0 heterocycles. The van der Waals surface area contributed by atoms with Crippen molar-refractivity contribution in [3.8, 4) is 0 Å². The number of hydrogen-bond donors (Lipinski definition) is 2. The highest BCUT2D eigenvalue weighted by Gasteiger charge is 2.31. The van der Waals surface area contributed by atoms with E-state index in [1.54, 1.807) is 12.1 Å². The minimum Gasteiger partial charge on any atom is -0.398 e. The van der Waals surface area contributed by atoms with Gasteiger partial charge in [0.2, 0.25) is 10.0 Å². The third kappa shape index (κ3) is 4.21. The number of halogens is 2. The summed E-state index contributed by atoms with van der Waals surface area (Å²) in [6, 6.07) is 3.27. The summed E-state index contributed by atoms with van der Waals surface area (Å²) in [4.78, 5) is 0.121. The Morgan fingerprint density at radius 1 is 1.24 bits per heavy atom. The molecule has 1 aliphatic carbocycles. The van der Waals surface area contributed by atoms with Gasteiger partial charge in [0.15, 0.2) is 0 Å². The molecule has 0 atom stereocenters. The first-order valence-corrected chi connectivity index (χ1v) is 9.94. The number of sulfonamides is 1. The quantitative estimate of drug-likeness (QED) is 0.698. The lowest BCUT2D eigenvalue weighted by Gasteiger charge is -2.34. The molecule has 1 aliphatic rings. The molecule has 1 aromatic carbocycles. The Bertz CT molecular complexity index is 611. The fourth-order valence-electron chi connectivity index (χ4n) is 2.66. The van der Waals surface area contributed by atoms with Crippen molar-refractivity contribution < 1.29 is 8.42 Å². The topological polar surface area (TPSA) is 72.2 Å². The van der Waals surface area contributed by atoms with Gasteiger partial charge in [-0.05, 0) is 59.2 Å². The summed E-state index contributed by atoms with van der Waals surface area (Å²) in [5.41, 5.74) is 6.42. The second-order valence-electron chi connectivity index (χ2n) is 6.37. The number of nitrogens with one attached hydrogen (secondary N) is 1. The highest BCUT2D eigenvalue weighted by atomic mass is 79.9. The van der Waals surface area contributed by atoms with E-state index in [-0.39, 0.29) is 16.6 Å². The lowest BCUT2D eigenvalue weighted by molar-refractivity contribution is 0.218. The van der Waals surface area contributed by atoms with Crippen LogP contribution in [-0.2, 0) is 10.0 Å². The Morgan fingerprint density at radius 2 is 1.81 bits per heavy atom. The summed E-state index contributed by atoms with van der Waals surface area (Å²) in [6.45, 7) is 4.45. The Labute approximate surface area is 143 Å². The zero-order valence-electron chi connectivity index (χ0n) is 12.1. The Kier molecular flexibility index (Phi) is 5.08. The van der Waals surface area contributed by atoms with Gasteiger partial charge in [0.05, 0.1) is 5.69 Å². The molecular weight excluding hydrogens is 420 g/mol. The minimum atomic E-state index is -3.62. The van der Waals surface area contributed by atoms with Crippen LogP contribution in [0.15, 0.2) is 26.0 Å². The molecule has 118 valence electrons. The van der Waals surface area contributed by atoms with E-state index < -0.39 is 10.0 Å². The van der Waals surface area contributed by atoms with E-state index in [1.807, 2.05) is 0 Å². The second-order valence-corrected chi connectivity index (χ2v) is 9.79. The molecule has 21 heavy (non-hydrogen) atoms. The average Bonchev–Trinajstić information content (AvgIpc) is 2.30. The summed E-state index contributed by atoms with van der Waals surface area (Å²) in [5.74, 6) is 0. The third-order valence-electron chi connectivity index (χ3n) is 3.97. The SMILES string of the molecule is CC1(C)CCC(NS(=O)(=O)c2c(N)cc(Br)cc2Br)CC1. The molecule has 0 bridgehead atoms. The first kappa shape index (κ1) is 17.2. The minimum absolute atomic E-state index is 0.0158. The molecule has 0 aromatic heterocycles. The van der Waals surface area contributed by atoms with E-state index in [4.69, 9.17) is 5.73 Å². The monoisotopic (exact) mass is 438 g/mol. The highest BCUT2D eigenvalue weighted by molar-refractivity contribution is 9.11. The maximum Gasteiger partial charge on any atom is 0.243 e. The van der Waals surface area contributed by atoms with Gasteiger partial charge in [0.25, 0.3) is 0 Å². The normalized spacial score (nSPS) is 19.6. The van der Waals surface area contributed by atoms with Gasteiger partial charge < -0.3 is 5.73 Å². The van der Waals surface area contributed by atoms with Crippen molar-refractivity contribution in [1.29, 1.82) is 0 Å². The van der Waals surface area contributed by atoms with Gasteiger partial charge in [-0.15, -0.1) is 0 Å². The van der Waals surface area contributed by atoms with Crippen LogP contribution in [-0.4, -0.2) is 14.5 Å². The van der Waals surface area contributed by atoms with E-state index >= 15 is 0 Å². The van der Waals surface area contributed by atoms with Crippen LogP contribution in [0.25, 0.3) is 0 Å². The molecule has 2 rings (SSSR count). The zero-order valence-corrected chi connectivity index (χ0v) is 16.1. The van der Waals surface area contributed by atoms with Crippen LogP contribution in [0.1, 0.15) is 39.5 Å². The molecule has 0 unspecified atom stereocenters. The molecule has 3 N–H and O–H groups in total. The van der Waals surface area contributed by atoms with Gasteiger partial charge in [-0.1, -0.05) is 29.8 Å². The lowest BCUT2D eigenvalue weighted by Crippen LogP contribution is -2.39.